The van der Waals surface area contributed by atoms with Gasteiger partial charge in [-0.05, 0) is 49.6 Å². The summed E-state index contributed by atoms with van der Waals surface area (Å²) in [7, 11) is 1.65. The third-order valence-electron chi connectivity index (χ3n) is 4.05. The summed E-state index contributed by atoms with van der Waals surface area (Å²) in [5.74, 6) is 0.819. The van der Waals surface area contributed by atoms with E-state index in [2.05, 4.69) is 29.7 Å². The number of rotatable bonds is 7. The van der Waals surface area contributed by atoms with Crippen LogP contribution in [0.1, 0.15) is 36.1 Å². The first-order valence-electron chi connectivity index (χ1n) is 8.24. The van der Waals surface area contributed by atoms with Crippen LogP contribution in [0.4, 0.5) is 5.69 Å². The van der Waals surface area contributed by atoms with Crippen molar-refractivity contribution in [2.45, 2.75) is 33.2 Å². The van der Waals surface area contributed by atoms with Crippen molar-refractivity contribution in [3.05, 3.63) is 59.2 Å². The van der Waals surface area contributed by atoms with Gasteiger partial charge in [0, 0.05) is 13.0 Å². The third-order valence-corrected chi connectivity index (χ3v) is 4.05. The number of carbonyl (C=O) groups excluding carboxylic acids is 1. The molecule has 0 unspecified atom stereocenters. The van der Waals surface area contributed by atoms with Gasteiger partial charge in [0.15, 0.2) is 0 Å². The van der Waals surface area contributed by atoms with Crippen LogP contribution in [0.5, 0.6) is 5.75 Å². The number of hydrogen-bond donors (Lipinski definition) is 2. The highest BCUT2D eigenvalue weighted by Gasteiger charge is 2.11. The number of hydrogen-bond acceptors (Lipinski definition) is 3. The molecule has 0 aliphatic carbocycles. The lowest BCUT2D eigenvalue weighted by Crippen LogP contribution is -2.28. The van der Waals surface area contributed by atoms with E-state index in [1.54, 1.807) is 7.11 Å². The van der Waals surface area contributed by atoms with Gasteiger partial charge in [0.05, 0.1) is 18.8 Å². The Kier molecular flexibility index (Phi) is 6.24. The molecule has 4 heteroatoms. The van der Waals surface area contributed by atoms with E-state index < -0.39 is 0 Å². The molecule has 2 aromatic carbocycles. The summed E-state index contributed by atoms with van der Waals surface area (Å²) in [6, 6.07) is 14.1. The molecule has 2 N–H and O–H groups in total. The van der Waals surface area contributed by atoms with Crippen molar-refractivity contribution in [3.63, 3.8) is 0 Å². The van der Waals surface area contributed by atoms with Crippen LogP contribution in [-0.2, 0) is 4.79 Å². The Morgan fingerprint density at radius 1 is 1.17 bits per heavy atom. The van der Waals surface area contributed by atoms with Crippen LogP contribution < -0.4 is 15.4 Å². The third kappa shape index (κ3) is 4.75. The van der Waals surface area contributed by atoms with E-state index in [1.807, 2.05) is 44.2 Å². The number of nitrogens with one attached hydrogen (secondary N) is 2. The molecule has 128 valence electrons. The van der Waals surface area contributed by atoms with E-state index in [4.69, 9.17) is 4.74 Å². The van der Waals surface area contributed by atoms with Crippen molar-refractivity contribution in [2.75, 3.05) is 19.0 Å². The van der Waals surface area contributed by atoms with Crippen molar-refractivity contribution in [2.24, 2.45) is 0 Å². The molecule has 1 amide bonds. The lowest BCUT2D eigenvalue weighted by atomic mass is 10.0. The standard InChI is InChI=1S/C20H26N2O2/c1-14-9-10-19(24-4)18(13-14)21-12-11-20(23)22-16(3)17-8-6-5-7-15(17)2/h5-10,13,16,21H,11-12H2,1-4H3,(H,22,23)/t16-/m0/s1. The maximum absolute atomic E-state index is 12.2. The Morgan fingerprint density at radius 2 is 1.92 bits per heavy atom. The molecule has 0 spiro atoms. The van der Waals surface area contributed by atoms with E-state index >= 15 is 0 Å². The van der Waals surface area contributed by atoms with Gasteiger partial charge in [0.2, 0.25) is 5.91 Å². The average molecular weight is 326 g/mol. The van der Waals surface area contributed by atoms with E-state index in [0.29, 0.717) is 13.0 Å². The van der Waals surface area contributed by atoms with E-state index in [9.17, 15) is 4.79 Å². The van der Waals surface area contributed by atoms with Gasteiger partial charge in [-0.15, -0.1) is 0 Å². The predicted molar refractivity (Wildman–Crippen MR) is 98.6 cm³/mol. The second-order valence-electron chi connectivity index (χ2n) is 6.03. The number of ether oxygens (including phenoxy) is 1. The molecule has 0 aromatic heterocycles. The quantitative estimate of drug-likeness (QED) is 0.809. The molecule has 2 rings (SSSR count). The number of anilines is 1. The molecular formula is C20H26N2O2. The maximum Gasteiger partial charge on any atom is 0.222 e. The highest BCUT2D eigenvalue weighted by atomic mass is 16.5. The Hall–Kier alpha value is -2.49. The zero-order chi connectivity index (χ0) is 17.5. The van der Waals surface area contributed by atoms with Gasteiger partial charge in [-0.3, -0.25) is 4.79 Å². The summed E-state index contributed by atoms with van der Waals surface area (Å²) >= 11 is 0. The van der Waals surface area contributed by atoms with Crippen molar-refractivity contribution >= 4 is 11.6 Å². The van der Waals surface area contributed by atoms with Crippen molar-refractivity contribution < 1.29 is 9.53 Å². The number of benzene rings is 2. The lowest BCUT2D eigenvalue weighted by Gasteiger charge is -2.17. The van der Waals surface area contributed by atoms with Crippen LogP contribution >= 0.6 is 0 Å². The van der Waals surface area contributed by atoms with Crippen LogP contribution in [0.15, 0.2) is 42.5 Å². The summed E-state index contributed by atoms with van der Waals surface area (Å²) in [4.78, 5) is 12.2. The van der Waals surface area contributed by atoms with E-state index in [0.717, 1.165) is 22.6 Å². The van der Waals surface area contributed by atoms with Crippen LogP contribution in [0.2, 0.25) is 0 Å². The predicted octanol–water partition coefficient (Wildman–Crippen LogP) is 3.99. The second kappa shape index (κ2) is 8.39. The first-order chi connectivity index (χ1) is 11.5. The summed E-state index contributed by atoms with van der Waals surface area (Å²) in [5, 5.41) is 6.33. The monoisotopic (exact) mass is 326 g/mol. The van der Waals surface area contributed by atoms with Crippen molar-refractivity contribution in [1.82, 2.24) is 5.32 Å². The topological polar surface area (TPSA) is 50.4 Å². The van der Waals surface area contributed by atoms with Crippen LogP contribution in [0.25, 0.3) is 0 Å². The van der Waals surface area contributed by atoms with E-state index in [-0.39, 0.29) is 11.9 Å². The van der Waals surface area contributed by atoms with Gasteiger partial charge >= 0.3 is 0 Å². The fourth-order valence-electron chi connectivity index (χ4n) is 2.73. The van der Waals surface area contributed by atoms with Crippen LogP contribution in [0, 0.1) is 13.8 Å². The van der Waals surface area contributed by atoms with Crippen molar-refractivity contribution in [3.8, 4) is 5.75 Å². The minimum Gasteiger partial charge on any atom is -0.495 e. The van der Waals surface area contributed by atoms with Gasteiger partial charge in [0.1, 0.15) is 5.75 Å². The molecule has 0 radical (unpaired) electrons. The highest BCUT2D eigenvalue weighted by Crippen LogP contribution is 2.25. The first-order valence-corrected chi connectivity index (χ1v) is 8.24. The van der Waals surface area contributed by atoms with Crippen molar-refractivity contribution in [1.29, 1.82) is 0 Å². The molecule has 4 nitrogen and oxygen atoms in total. The molecule has 0 fully saturated rings. The van der Waals surface area contributed by atoms with Gasteiger partial charge in [0.25, 0.3) is 0 Å². The molecule has 0 aliphatic rings. The van der Waals surface area contributed by atoms with Gasteiger partial charge in [-0.25, -0.2) is 0 Å². The Morgan fingerprint density at radius 3 is 2.62 bits per heavy atom. The lowest BCUT2D eigenvalue weighted by molar-refractivity contribution is -0.121. The fourth-order valence-corrected chi connectivity index (χ4v) is 2.73. The summed E-state index contributed by atoms with van der Waals surface area (Å²) in [6.07, 6.45) is 0.410. The Bertz CT molecular complexity index is 698. The Labute approximate surface area is 144 Å². The normalized spacial score (nSPS) is 11.7. The maximum atomic E-state index is 12.2. The number of amides is 1. The number of aryl methyl sites for hydroxylation is 2. The van der Waals surface area contributed by atoms with Crippen LogP contribution in [-0.4, -0.2) is 19.6 Å². The second-order valence-corrected chi connectivity index (χ2v) is 6.03. The molecule has 24 heavy (non-hydrogen) atoms. The molecule has 0 bridgehead atoms. The minimum absolute atomic E-state index is 0.00667. The zero-order valence-electron chi connectivity index (χ0n) is 14.8. The SMILES string of the molecule is COc1ccc(C)cc1NCCC(=O)N[C@@H](C)c1ccccc1C. The summed E-state index contributed by atoms with van der Waals surface area (Å²) in [6.45, 7) is 6.66. The average Bonchev–Trinajstić information content (AvgIpc) is 2.55. The summed E-state index contributed by atoms with van der Waals surface area (Å²) in [5.41, 5.74) is 4.40. The molecule has 0 saturated heterocycles. The largest absolute Gasteiger partial charge is 0.495 e. The zero-order valence-corrected chi connectivity index (χ0v) is 14.8. The van der Waals surface area contributed by atoms with Crippen LogP contribution in [0.3, 0.4) is 0 Å². The summed E-state index contributed by atoms with van der Waals surface area (Å²) < 4.78 is 5.33. The molecule has 0 saturated carbocycles. The fraction of sp³-hybridized carbons (Fsp3) is 0.350. The Balaban J connectivity index is 1.86. The molecule has 1 atom stereocenters. The molecule has 0 heterocycles. The minimum atomic E-state index is 0.00667. The smallest absolute Gasteiger partial charge is 0.222 e. The number of methoxy groups -OCH3 is 1. The first kappa shape index (κ1) is 17.9. The van der Waals surface area contributed by atoms with Gasteiger partial charge in [-0.1, -0.05) is 30.3 Å². The molecule has 2 aromatic rings. The molecule has 0 aliphatic heterocycles. The number of carbonyl (C=O) groups is 1. The van der Waals surface area contributed by atoms with Gasteiger partial charge < -0.3 is 15.4 Å². The molecular weight excluding hydrogens is 300 g/mol. The van der Waals surface area contributed by atoms with Gasteiger partial charge in [-0.2, -0.15) is 0 Å². The van der Waals surface area contributed by atoms with E-state index in [1.165, 1.54) is 5.56 Å². The highest BCUT2D eigenvalue weighted by molar-refractivity contribution is 5.77.